The molecule has 2 aromatic carbocycles. The Morgan fingerprint density at radius 2 is 1.75 bits per heavy atom. The van der Waals surface area contributed by atoms with E-state index in [2.05, 4.69) is 51.8 Å². The van der Waals surface area contributed by atoms with E-state index < -0.39 is 0 Å². The molecular formula is C30H29N5O. The van der Waals surface area contributed by atoms with E-state index in [1.807, 2.05) is 31.3 Å². The number of aromatic nitrogens is 4. The predicted octanol–water partition coefficient (Wildman–Crippen LogP) is 6.45. The Hall–Kier alpha value is -4.06. The molecule has 1 aliphatic carbocycles. The molecular weight excluding hydrogens is 446 g/mol. The van der Waals surface area contributed by atoms with Crippen LogP contribution in [0.15, 0.2) is 73.1 Å². The molecule has 1 saturated carbocycles. The van der Waals surface area contributed by atoms with Crippen LogP contribution in [-0.4, -0.2) is 25.1 Å². The second-order valence-corrected chi connectivity index (χ2v) is 9.69. The Labute approximate surface area is 210 Å². The van der Waals surface area contributed by atoms with Gasteiger partial charge in [-0.2, -0.15) is 0 Å². The lowest BCUT2D eigenvalue weighted by Crippen LogP contribution is -2.21. The maximum atomic E-state index is 12.2. The standard InChI is InChI=1S/C30H29N5O/c1-2-26(36)21-9-11-22(12-10-21)30-34-27(28-29(31)32-16-17-35(28)30)23-13-8-20-14-15-24(33-25(20)18-23)19-6-4-3-5-7-19/h3-8,13-18,21-22H,2,9-12H2,1H3,(H2,31,32). The first-order valence-electron chi connectivity index (χ1n) is 12.7. The molecule has 3 heterocycles. The van der Waals surface area contributed by atoms with Crippen molar-refractivity contribution in [3.05, 3.63) is 78.9 Å². The first kappa shape index (κ1) is 22.4. The van der Waals surface area contributed by atoms with Gasteiger partial charge in [-0.3, -0.25) is 9.20 Å². The second kappa shape index (κ2) is 9.19. The van der Waals surface area contributed by atoms with Crippen LogP contribution in [0.4, 0.5) is 5.82 Å². The highest BCUT2D eigenvalue weighted by molar-refractivity contribution is 5.91. The third-order valence-electron chi connectivity index (χ3n) is 7.54. The number of nitrogens with two attached hydrogens (primary N) is 1. The molecule has 180 valence electrons. The minimum absolute atomic E-state index is 0.189. The summed E-state index contributed by atoms with van der Waals surface area (Å²) in [5.41, 5.74) is 12.0. The van der Waals surface area contributed by atoms with Gasteiger partial charge in [-0.15, -0.1) is 0 Å². The van der Waals surface area contributed by atoms with Crippen LogP contribution in [-0.2, 0) is 4.79 Å². The summed E-state index contributed by atoms with van der Waals surface area (Å²) >= 11 is 0. The molecule has 0 aliphatic heterocycles. The van der Waals surface area contributed by atoms with E-state index in [1.54, 1.807) is 6.20 Å². The third-order valence-corrected chi connectivity index (χ3v) is 7.54. The molecule has 0 saturated heterocycles. The average Bonchev–Trinajstić information content (AvgIpc) is 3.33. The van der Waals surface area contributed by atoms with Crippen LogP contribution in [0.3, 0.4) is 0 Å². The number of rotatable bonds is 5. The van der Waals surface area contributed by atoms with Crippen LogP contribution in [0.25, 0.3) is 38.9 Å². The summed E-state index contributed by atoms with van der Waals surface area (Å²) in [6, 6.07) is 20.6. The van der Waals surface area contributed by atoms with Crippen molar-refractivity contribution in [3.63, 3.8) is 0 Å². The fourth-order valence-corrected chi connectivity index (χ4v) is 5.57. The topological polar surface area (TPSA) is 86.2 Å². The minimum atomic E-state index is 0.189. The highest BCUT2D eigenvalue weighted by Gasteiger charge is 2.29. The zero-order chi connectivity index (χ0) is 24.6. The van der Waals surface area contributed by atoms with E-state index in [4.69, 9.17) is 15.7 Å². The Kier molecular flexibility index (Phi) is 5.72. The van der Waals surface area contributed by atoms with Crippen molar-refractivity contribution in [2.45, 2.75) is 44.9 Å². The number of imidazole rings is 1. The largest absolute Gasteiger partial charge is 0.382 e. The predicted molar refractivity (Wildman–Crippen MR) is 144 cm³/mol. The lowest BCUT2D eigenvalue weighted by Gasteiger charge is -2.26. The monoisotopic (exact) mass is 475 g/mol. The Balaban J connectivity index is 1.42. The summed E-state index contributed by atoms with van der Waals surface area (Å²) in [6.45, 7) is 1.96. The first-order valence-corrected chi connectivity index (χ1v) is 12.7. The quantitative estimate of drug-likeness (QED) is 0.316. The first-order chi connectivity index (χ1) is 17.6. The number of carbonyl (C=O) groups is 1. The summed E-state index contributed by atoms with van der Waals surface area (Å²) in [5.74, 6) is 2.33. The van der Waals surface area contributed by atoms with Crippen molar-refractivity contribution in [1.29, 1.82) is 0 Å². The van der Waals surface area contributed by atoms with Crippen LogP contribution < -0.4 is 5.73 Å². The number of nitrogens with zero attached hydrogens (tertiary/aromatic N) is 4. The fraction of sp³-hybridized carbons (Fsp3) is 0.267. The van der Waals surface area contributed by atoms with E-state index in [0.29, 0.717) is 18.0 Å². The summed E-state index contributed by atoms with van der Waals surface area (Å²) in [5, 5.41) is 1.08. The number of nitrogen functional groups attached to an aromatic ring is 1. The molecule has 36 heavy (non-hydrogen) atoms. The molecule has 2 N–H and O–H groups in total. The number of ketones is 1. The average molecular weight is 476 g/mol. The third kappa shape index (κ3) is 3.92. The molecule has 0 spiro atoms. The molecule has 1 fully saturated rings. The molecule has 6 rings (SSSR count). The summed E-state index contributed by atoms with van der Waals surface area (Å²) < 4.78 is 2.10. The van der Waals surface area contributed by atoms with Gasteiger partial charge < -0.3 is 5.73 Å². The van der Waals surface area contributed by atoms with Crippen molar-refractivity contribution in [2.24, 2.45) is 5.92 Å². The molecule has 3 aromatic heterocycles. The smallest absolute Gasteiger partial charge is 0.150 e. The molecule has 1 aliphatic rings. The Bertz CT molecular complexity index is 1570. The number of fused-ring (bicyclic) bond motifs is 2. The number of carbonyl (C=O) groups excluding carboxylic acids is 1. The highest BCUT2D eigenvalue weighted by atomic mass is 16.1. The van der Waals surface area contributed by atoms with Crippen molar-refractivity contribution < 1.29 is 4.79 Å². The molecule has 5 aromatic rings. The fourth-order valence-electron chi connectivity index (χ4n) is 5.57. The molecule has 0 amide bonds. The van der Waals surface area contributed by atoms with Gasteiger partial charge in [0, 0.05) is 47.2 Å². The maximum Gasteiger partial charge on any atom is 0.150 e. The number of Topliss-reactive ketones (excluding diaryl/α,β-unsaturated/α-hetero) is 1. The molecule has 6 nitrogen and oxygen atoms in total. The van der Waals surface area contributed by atoms with Gasteiger partial charge in [0.1, 0.15) is 28.6 Å². The SMILES string of the molecule is CCC(=O)C1CCC(c2nc(-c3ccc4ccc(-c5ccccc5)nc4c3)c3c(N)nccn23)CC1. The van der Waals surface area contributed by atoms with Gasteiger partial charge in [0.05, 0.1) is 11.2 Å². The van der Waals surface area contributed by atoms with Crippen LogP contribution in [0.2, 0.25) is 0 Å². The molecule has 0 unspecified atom stereocenters. The Morgan fingerprint density at radius 3 is 2.53 bits per heavy atom. The number of hydrogen-bond donors (Lipinski definition) is 1. The number of pyridine rings is 1. The Morgan fingerprint density at radius 1 is 0.972 bits per heavy atom. The van der Waals surface area contributed by atoms with Crippen molar-refractivity contribution in [3.8, 4) is 22.5 Å². The molecule has 0 atom stereocenters. The van der Waals surface area contributed by atoms with Crippen molar-refractivity contribution in [2.75, 3.05) is 5.73 Å². The minimum Gasteiger partial charge on any atom is -0.382 e. The summed E-state index contributed by atoms with van der Waals surface area (Å²) in [7, 11) is 0. The van der Waals surface area contributed by atoms with Gasteiger partial charge in [0.2, 0.25) is 0 Å². The van der Waals surface area contributed by atoms with Gasteiger partial charge in [0.25, 0.3) is 0 Å². The normalized spacial score (nSPS) is 18.0. The summed E-state index contributed by atoms with van der Waals surface area (Å²) in [4.78, 5) is 26.7. The van der Waals surface area contributed by atoms with Crippen molar-refractivity contribution in [1.82, 2.24) is 19.4 Å². The van der Waals surface area contributed by atoms with E-state index in [0.717, 1.165) is 70.4 Å². The number of hydrogen-bond acceptors (Lipinski definition) is 5. The number of anilines is 1. The zero-order valence-electron chi connectivity index (χ0n) is 20.4. The van der Waals surface area contributed by atoms with Gasteiger partial charge >= 0.3 is 0 Å². The van der Waals surface area contributed by atoms with Gasteiger partial charge in [-0.05, 0) is 37.8 Å². The van der Waals surface area contributed by atoms with Gasteiger partial charge in [-0.1, -0.05) is 55.5 Å². The molecule has 0 radical (unpaired) electrons. The maximum absolute atomic E-state index is 12.2. The molecule has 0 bridgehead atoms. The van der Waals surface area contributed by atoms with Crippen LogP contribution >= 0.6 is 0 Å². The van der Waals surface area contributed by atoms with Crippen molar-refractivity contribution >= 4 is 28.0 Å². The highest BCUT2D eigenvalue weighted by Crippen LogP contribution is 2.39. The van der Waals surface area contributed by atoms with Gasteiger partial charge in [-0.25, -0.2) is 15.0 Å². The van der Waals surface area contributed by atoms with E-state index >= 15 is 0 Å². The van der Waals surface area contributed by atoms with Gasteiger partial charge in [0.15, 0.2) is 0 Å². The molecule has 6 heteroatoms. The van der Waals surface area contributed by atoms with Crippen LogP contribution in [0.1, 0.15) is 50.8 Å². The van der Waals surface area contributed by atoms with Crippen LogP contribution in [0.5, 0.6) is 0 Å². The number of benzene rings is 2. The van der Waals surface area contributed by atoms with Crippen LogP contribution in [0, 0.1) is 5.92 Å². The second-order valence-electron chi connectivity index (χ2n) is 9.69. The zero-order valence-corrected chi connectivity index (χ0v) is 20.4. The van der Waals surface area contributed by atoms with E-state index in [1.165, 1.54) is 0 Å². The van der Waals surface area contributed by atoms with E-state index in [-0.39, 0.29) is 11.8 Å². The summed E-state index contributed by atoms with van der Waals surface area (Å²) in [6.07, 6.45) is 8.06. The lowest BCUT2D eigenvalue weighted by molar-refractivity contribution is -0.123. The lowest BCUT2D eigenvalue weighted by atomic mass is 9.79. The van der Waals surface area contributed by atoms with E-state index in [9.17, 15) is 4.79 Å².